The van der Waals surface area contributed by atoms with Crippen LogP contribution in [-0.2, 0) is 16.9 Å². The Morgan fingerprint density at radius 2 is 1.94 bits per heavy atom. The van der Waals surface area contributed by atoms with Gasteiger partial charge in [0.2, 0.25) is 5.91 Å². The molecule has 172 valence electrons. The van der Waals surface area contributed by atoms with Crippen LogP contribution in [0.5, 0.6) is 0 Å². The van der Waals surface area contributed by atoms with E-state index >= 15 is 0 Å². The Balaban J connectivity index is 1.47. The highest BCUT2D eigenvalue weighted by molar-refractivity contribution is 6.06. The number of amides is 1. The number of nitrogens with one attached hydrogen (secondary N) is 2. The lowest BCUT2D eigenvalue weighted by molar-refractivity contribution is -0.121. The molecule has 1 atom stereocenters. The van der Waals surface area contributed by atoms with Crippen molar-refractivity contribution in [2.45, 2.75) is 45.7 Å². The standard InChI is InChI=1S/C25H26N8O/c1-4-33-22(17-11-26-14(2)27-12-17)32-21-20(28-13-29-23(21)33)16-7-8-19-18(9-16)25(3,24(34)31-19)30-10-15-5-6-15/h7-9,11-13,15,30H,4-6,10H2,1-3H3,(H,31,34)/t25-/m1/s1. The third kappa shape index (κ3) is 3.27. The fourth-order valence-electron chi connectivity index (χ4n) is 4.61. The highest BCUT2D eigenvalue weighted by Gasteiger charge is 2.43. The van der Waals surface area contributed by atoms with Crippen molar-refractivity contribution in [3.05, 3.63) is 48.3 Å². The summed E-state index contributed by atoms with van der Waals surface area (Å²) in [7, 11) is 0. The average Bonchev–Trinajstić information content (AvgIpc) is 3.55. The maximum atomic E-state index is 12.9. The predicted octanol–water partition coefficient (Wildman–Crippen LogP) is 3.45. The zero-order valence-electron chi connectivity index (χ0n) is 19.5. The molecule has 1 aliphatic heterocycles. The minimum atomic E-state index is -0.771. The lowest BCUT2D eigenvalue weighted by Gasteiger charge is -2.24. The quantitative estimate of drug-likeness (QED) is 0.459. The molecular formula is C25H26N8O. The third-order valence-electron chi connectivity index (χ3n) is 6.86. The van der Waals surface area contributed by atoms with Crippen molar-refractivity contribution in [1.29, 1.82) is 0 Å². The summed E-state index contributed by atoms with van der Waals surface area (Å²) in [4.78, 5) is 35.6. The van der Waals surface area contributed by atoms with Crippen LogP contribution in [0.25, 0.3) is 33.8 Å². The largest absolute Gasteiger partial charge is 0.324 e. The smallest absolute Gasteiger partial charge is 0.249 e. The first-order valence-electron chi connectivity index (χ1n) is 11.7. The van der Waals surface area contributed by atoms with Gasteiger partial charge in [-0.3, -0.25) is 10.1 Å². The number of hydrogen-bond acceptors (Lipinski definition) is 7. The van der Waals surface area contributed by atoms with Crippen molar-refractivity contribution in [2.24, 2.45) is 5.92 Å². The molecule has 34 heavy (non-hydrogen) atoms. The molecule has 2 aliphatic rings. The number of aryl methyl sites for hydroxylation is 2. The number of imidazole rings is 1. The first-order chi connectivity index (χ1) is 16.5. The molecule has 0 bridgehead atoms. The summed E-state index contributed by atoms with van der Waals surface area (Å²) in [6, 6.07) is 5.98. The molecule has 9 heteroatoms. The molecule has 4 heterocycles. The molecule has 4 aromatic rings. The highest BCUT2D eigenvalue weighted by Crippen LogP contribution is 2.40. The van der Waals surface area contributed by atoms with E-state index in [2.05, 4.69) is 43.6 Å². The van der Waals surface area contributed by atoms with Gasteiger partial charge >= 0.3 is 0 Å². The van der Waals surface area contributed by atoms with E-state index in [9.17, 15) is 4.79 Å². The summed E-state index contributed by atoms with van der Waals surface area (Å²) < 4.78 is 2.05. The van der Waals surface area contributed by atoms with Crippen LogP contribution in [0.1, 0.15) is 38.1 Å². The van der Waals surface area contributed by atoms with Crippen LogP contribution in [0.3, 0.4) is 0 Å². The molecule has 1 fully saturated rings. The Morgan fingerprint density at radius 3 is 2.68 bits per heavy atom. The molecule has 1 aliphatic carbocycles. The fourth-order valence-corrected chi connectivity index (χ4v) is 4.61. The summed E-state index contributed by atoms with van der Waals surface area (Å²) in [6.45, 7) is 7.41. The van der Waals surface area contributed by atoms with Crippen molar-refractivity contribution < 1.29 is 4.79 Å². The second-order valence-corrected chi connectivity index (χ2v) is 9.26. The normalized spacial score (nSPS) is 19.4. The molecule has 1 aromatic carbocycles. The minimum absolute atomic E-state index is 0.0231. The van der Waals surface area contributed by atoms with Crippen LogP contribution >= 0.6 is 0 Å². The second-order valence-electron chi connectivity index (χ2n) is 9.26. The molecule has 0 radical (unpaired) electrons. The molecule has 3 aromatic heterocycles. The van der Waals surface area contributed by atoms with Crippen LogP contribution in [-0.4, -0.2) is 41.9 Å². The lowest BCUT2D eigenvalue weighted by Crippen LogP contribution is -2.46. The Kier molecular flexibility index (Phi) is 4.70. The summed E-state index contributed by atoms with van der Waals surface area (Å²) in [5.41, 5.74) is 4.93. The van der Waals surface area contributed by atoms with Crippen LogP contribution in [0, 0.1) is 12.8 Å². The zero-order valence-corrected chi connectivity index (χ0v) is 19.5. The Morgan fingerprint density at radius 1 is 1.15 bits per heavy atom. The van der Waals surface area contributed by atoms with Crippen molar-refractivity contribution in [1.82, 2.24) is 34.8 Å². The average molecular weight is 455 g/mol. The molecule has 9 nitrogen and oxygen atoms in total. The Labute approximate surface area is 197 Å². The number of nitrogens with zero attached hydrogens (tertiary/aromatic N) is 6. The van der Waals surface area contributed by atoms with Gasteiger partial charge in [0, 0.05) is 35.8 Å². The molecule has 0 spiro atoms. The number of anilines is 1. The van der Waals surface area contributed by atoms with Gasteiger partial charge in [0.1, 0.15) is 34.7 Å². The van der Waals surface area contributed by atoms with E-state index in [1.165, 1.54) is 12.8 Å². The van der Waals surface area contributed by atoms with Gasteiger partial charge in [-0.25, -0.2) is 24.9 Å². The number of rotatable bonds is 6. The van der Waals surface area contributed by atoms with E-state index in [0.29, 0.717) is 23.8 Å². The van der Waals surface area contributed by atoms with Gasteiger partial charge in [-0.05, 0) is 58.2 Å². The molecule has 0 unspecified atom stereocenters. The Bertz CT molecular complexity index is 1420. The Hall–Kier alpha value is -3.72. The fraction of sp³-hybridized carbons (Fsp3) is 0.360. The highest BCUT2D eigenvalue weighted by atomic mass is 16.2. The van der Waals surface area contributed by atoms with E-state index in [4.69, 9.17) is 4.98 Å². The second kappa shape index (κ2) is 7.66. The van der Waals surface area contributed by atoms with Gasteiger partial charge in [0.25, 0.3) is 0 Å². The molecule has 1 saturated carbocycles. The zero-order chi connectivity index (χ0) is 23.4. The van der Waals surface area contributed by atoms with Gasteiger partial charge in [-0.2, -0.15) is 0 Å². The predicted molar refractivity (Wildman–Crippen MR) is 129 cm³/mol. The number of benzene rings is 1. The van der Waals surface area contributed by atoms with Gasteiger partial charge < -0.3 is 9.88 Å². The van der Waals surface area contributed by atoms with Crippen molar-refractivity contribution in [3.8, 4) is 22.6 Å². The van der Waals surface area contributed by atoms with Crippen LogP contribution in [0.15, 0.2) is 36.9 Å². The van der Waals surface area contributed by atoms with Gasteiger partial charge in [0.15, 0.2) is 5.65 Å². The number of fused-ring (bicyclic) bond motifs is 2. The number of hydrogen-bond donors (Lipinski definition) is 2. The molecule has 2 N–H and O–H groups in total. The van der Waals surface area contributed by atoms with Crippen LogP contribution in [0.4, 0.5) is 5.69 Å². The van der Waals surface area contributed by atoms with E-state index in [1.54, 1.807) is 18.7 Å². The molecular weight excluding hydrogens is 428 g/mol. The van der Waals surface area contributed by atoms with Crippen molar-refractivity contribution >= 4 is 22.8 Å². The molecule has 6 rings (SSSR count). The van der Waals surface area contributed by atoms with E-state index in [0.717, 1.165) is 46.1 Å². The summed E-state index contributed by atoms with van der Waals surface area (Å²) in [5.74, 6) is 2.11. The minimum Gasteiger partial charge on any atom is -0.324 e. The monoisotopic (exact) mass is 454 g/mol. The maximum absolute atomic E-state index is 12.9. The topological polar surface area (TPSA) is 111 Å². The van der Waals surface area contributed by atoms with Crippen molar-refractivity contribution in [3.63, 3.8) is 0 Å². The third-order valence-corrected chi connectivity index (χ3v) is 6.86. The van der Waals surface area contributed by atoms with Gasteiger partial charge in [0.05, 0.1) is 5.56 Å². The lowest BCUT2D eigenvalue weighted by atomic mass is 9.91. The summed E-state index contributed by atoms with van der Waals surface area (Å²) >= 11 is 0. The first-order valence-corrected chi connectivity index (χ1v) is 11.7. The molecule has 1 amide bonds. The number of carbonyl (C=O) groups is 1. The SMILES string of the molecule is CCn1c(-c2cnc(C)nc2)nc2c(-c3ccc4c(c3)[C@@](C)(NCC3CC3)C(=O)N4)ncnc21. The maximum Gasteiger partial charge on any atom is 0.249 e. The van der Waals surface area contributed by atoms with E-state index < -0.39 is 5.54 Å². The van der Waals surface area contributed by atoms with E-state index in [-0.39, 0.29) is 5.91 Å². The van der Waals surface area contributed by atoms with E-state index in [1.807, 2.05) is 30.5 Å². The van der Waals surface area contributed by atoms with Crippen LogP contribution < -0.4 is 10.6 Å². The summed E-state index contributed by atoms with van der Waals surface area (Å²) in [6.07, 6.45) is 7.59. The molecule has 0 saturated heterocycles. The van der Waals surface area contributed by atoms with Crippen molar-refractivity contribution in [2.75, 3.05) is 11.9 Å². The number of aromatic nitrogens is 6. The summed E-state index contributed by atoms with van der Waals surface area (Å²) in [5, 5.41) is 6.54. The van der Waals surface area contributed by atoms with Gasteiger partial charge in [-0.1, -0.05) is 6.07 Å². The van der Waals surface area contributed by atoms with Crippen LogP contribution in [0.2, 0.25) is 0 Å². The number of carbonyl (C=O) groups excluding carboxylic acids is 1. The van der Waals surface area contributed by atoms with Gasteiger partial charge in [-0.15, -0.1) is 0 Å². The first kappa shape index (κ1) is 20.9.